The first kappa shape index (κ1) is 25.9. The van der Waals surface area contributed by atoms with E-state index in [2.05, 4.69) is 0 Å². The van der Waals surface area contributed by atoms with E-state index < -0.39 is 5.97 Å². The van der Waals surface area contributed by atoms with Crippen molar-refractivity contribution in [3.05, 3.63) is 85.5 Å². The van der Waals surface area contributed by atoms with Gasteiger partial charge in [-0.15, -0.1) is 11.3 Å². The second-order valence-corrected chi connectivity index (χ2v) is 10.2. The number of carbonyl (C=O) groups is 2. The van der Waals surface area contributed by atoms with Gasteiger partial charge in [0.15, 0.2) is 10.9 Å². The van der Waals surface area contributed by atoms with Crippen molar-refractivity contribution in [2.75, 3.05) is 19.5 Å². The number of carbonyl (C=O) groups excluding carboxylic acids is 2. The molecule has 0 N–H and O–H groups in total. The van der Waals surface area contributed by atoms with Gasteiger partial charge >= 0.3 is 5.97 Å². The third kappa shape index (κ3) is 5.33. The van der Waals surface area contributed by atoms with Crippen molar-refractivity contribution in [2.24, 2.45) is 0 Å². The summed E-state index contributed by atoms with van der Waals surface area (Å²) in [6.07, 6.45) is 0. The average Bonchev–Trinajstić information content (AvgIpc) is 3.21. The fourth-order valence-electron chi connectivity index (χ4n) is 3.69. The molecule has 0 aliphatic heterocycles. The Morgan fingerprint density at radius 2 is 1.86 bits per heavy atom. The molecule has 2 aromatic carbocycles. The highest BCUT2D eigenvalue weighted by atomic mass is 35.5. The number of methoxy groups -OCH3 is 1. The molecule has 0 aliphatic rings. The summed E-state index contributed by atoms with van der Waals surface area (Å²) in [6.45, 7) is 3.86. The molecular formula is C26H23ClN2O5S2. The minimum absolute atomic E-state index is 0.0700. The van der Waals surface area contributed by atoms with Crippen LogP contribution in [0.3, 0.4) is 0 Å². The van der Waals surface area contributed by atoms with Gasteiger partial charge in [0.1, 0.15) is 15.5 Å². The van der Waals surface area contributed by atoms with Crippen LogP contribution in [0.2, 0.25) is 5.02 Å². The number of fused-ring (bicyclic) bond motifs is 1. The van der Waals surface area contributed by atoms with Crippen LogP contribution in [0.25, 0.3) is 10.2 Å². The van der Waals surface area contributed by atoms with Gasteiger partial charge < -0.3 is 9.47 Å². The molecule has 0 spiro atoms. The van der Waals surface area contributed by atoms with Gasteiger partial charge in [-0.05, 0) is 49.7 Å². The van der Waals surface area contributed by atoms with Crippen molar-refractivity contribution in [1.29, 1.82) is 0 Å². The van der Waals surface area contributed by atoms with Gasteiger partial charge in [0.25, 0.3) is 5.56 Å². The largest absolute Gasteiger partial charge is 0.496 e. The first-order valence-electron chi connectivity index (χ1n) is 11.1. The monoisotopic (exact) mass is 542 g/mol. The highest BCUT2D eigenvalue weighted by Gasteiger charge is 2.23. The van der Waals surface area contributed by atoms with Crippen LogP contribution < -0.4 is 10.3 Å². The average molecular weight is 543 g/mol. The Kier molecular flexibility index (Phi) is 8.13. The van der Waals surface area contributed by atoms with Crippen LogP contribution in [-0.2, 0) is 11.3 Å². The van der Waals surface area contributed by atoms with Crippen LogP contribution in [0.5, 0.6) is 5.75 Å². The maximum atomic E-state index is 13.7. The van der Waals surface area contributed by atoms with Crippen LogP contribution >= 0.6 is 34.7 Å². The number of para-hydroxylation sites is 1. The number of thiophene rings is 1. The normalized spacial score (nSPS) is 11.0. The van der Waals surface area contributed by atoms with Crippen LogP contribution in [-0.4, -0.2) is 40.8 Å². The number of halogens is 1. The standard InChI is InChI=1S/C26H23ClN2O5S2/c1-4-34-25(32)22-15(2)21-23(36-22)28-26(35-14-19(30)16-9-11-18(27)12-10-16)29(24(21)31)13-17-7-5-6-8-20(17)33-3/h5-12H,4,13-14H2,1-3H3. The van der Waals surface area contributed by atoms with Crippen molar-refractivity contribution >= 4 is 56.7 Å². The number of ketones is 1. The van der Waals surface area contributed by atoms with Gasteiger partial charge in [-0.2, -0.15) is 0 Å². The van der Waals surface area contributed by atoms with Crippen LogP contribution in [0.4, 0.5) is 0 Å². The lowest BCUT2D eigenvalue weighted by molar-refractivity contribution is 0.0531. The number of esters is 1. The summed E-state index contributed by atoms with van der Waals surface area (Å²) >= 11 is 8.22. The minimum atomic E-state index is -0.485. The van der Waals surface area contributed by atoms with E-state index >= 15 is 0 Å². The molecule has 4 aromatic rings. The first-order valence-corrected chi connectivity index (χ1v) is 13.3. The highest BCUT2D eigenvalue weighted by Crippen LogP contribution is 2.31. The molecule has 0 aliphatic carbocycles. The van der Waals surface area contributed by atoms with Gasteiger partial charge in [0.05, 0.1) is 31.4 Å². The van der Waals surface area contributed by atoms with Gasteiger partial charge in [-0.3, -0.25) is 14.2 Å². The van der Waals surface area contributed by atoms with E-state index in [1.54, 1.807) is 45.2 Å². The maximum absolute atomic E-state index is 13.7. The predicted octanol–water partition coefficient (Wildman–Crippen LogP) is 5.63. The number of aromatic nitrogens is 2. The van der Waals surface area contributed by atoms with E-state index in [9.17, 15) is 14.4 Å². The van der Waals surface area contributed by atoms with Crippen LogP contribution in [0.1, 0.15) is 38.1 Å². The van der Waals surface area contributed by atoms with Gasteiger partial charge in [0.2, 0.25) is 0 Å². The van der Waals surface area contributed by atoms with Crippen molar-refractivity contribution in [1.82, 2.24) is 9.55 Å². The molecule has 0 saturated heterocycles. The number of hydrogen-bond acceptors (Lipinski definition) is 8. The second kappa shape index (κ2) is 11.3. The van der Waals surface area contributed by atoms with E-state index in [-0.39, 0.29) is 30.2 Å². The zero-order chi connectivity index (χ0) is 25.8. The third-order valence-electron chi connectivity index (χ3n) is 5.50. The molecule has 0 bridgehead atoms. The molecule has 0 saturated carbocycles. The maximum Gasteiger partial charge on any atom is 0.348 e. The van der Waals surface area contributed by atoms with Gasteiger partial charge in [-0.25, -0.2) is 9.78 Å². The van der Waals surface area contributed by atoms with E-state index in [1.807, 2.05) is 24.3 Å². The van der Waals surface area contributed by atoms with E-state index in [4.69, 9.17) is 26.1 Å². The number of rotatable bonds is 9. The number of ether oxygens (including phenoxy) is 2. The van der Waals surface area contributed by atoms with E-state index in [0.717, 1.165) is 16.9 Å². The molecule has 186 valence electrons. The Balaban J connectivity index is 1.78. The number of thioether (sulfide) groups is 1. The smallest absolute Gasteiger partial charge is 0.348 e. The Labute approximate surface area is 221 Å². The topological polar surface area (TPSA) is 87.5 Å². The number of aryl methyl sites for hydroxylation is 1. The molecule has 4 rings (SSSR count). The fourth-order valence-corrected chi connectivity index (χ4v) is 5.83. The molecule has 0 radical (unpaired) electrons. The molecular weight excluding hydrogens is 520 g/mol. The van der Waals surface area contributed by atoms with Crippen molar-refractivity contribution in [3.8, 4) is 5.75 Å². The lowest BCUT2D eigenvalue weighted by atomic mass is 10.1. The molecule has 7 nitrogen and oxygen atoms in total. The first-order chi connectivity index (χ1) is 17.3. The molecule has 0 unspecified atom stereocenters. The zero-order valence-corrected chi connectivity index (χ0v) is 22.3. The molecule has 10 heteroatoms. The molecule has 0 fully saturated rings. The lowest BCUT2D eigenvalue weighted by Crippen LogP contribution is -2.24. The minimum Gasteiger partial charge on any atom is -0.496 e. The quantitative estimate of drug-likeness (QED) is 0.117. The molecule has 0 atom stereocenters. The summed E-state index contributed by atoms with van der Waals surface area (Å²) < 4.78 is 12.2. The SMILES string of the molecule is CCOC(=O)c1sc2nc(SCC(=O)c3ccc(Cl)cc3)n(Cc3ccccc3OC)c(=O)c2c1C. The van der Waals surface area contributed by atoms with Crippen molar-refractivity contribution < 1.29 is 19.1 Å². The van der Waals surface area contributed by atoms with Crippen LogP contribution in [0, 0.1) is 6.92 Å². The number of nitrogens with zero attached hydrogens (tertiary/aromatic N) is 2. The van der Waals surface area contributed by atoms with Gasteiger partial charge in [0, 0.05) is 16.1 Å². The van der Waals surface area contributed by atoms with Crippen LogP contribution in [0.15, 0.2) is 58.5 Å². The third-order valence-corrected chi connectivity index (χ3v) is 7.89. The Hall–Kier alpha value is -3.14. The molecule has 2 heterocycles. The van der Waals surface area contributed by atoms with Crippen molar-refractivity contribution in [2.45, 2.75) is 25.5 Å². The molecule has 36 heavy (non-hydrogen) atoms. The molecule has 2 aromatic heterocycles. The summed E-state index contributed by atoms with van der Waals surface area (Å²) in [6, 6.07) is 14.0. The Morgan fingerprint density at radius 1 is 1.14 bits per heavy atom. The Morgan fingerprint density at radius 3 is 2.56 bits per heavy atom. The number of benzene rings is 2. The summed E-state index contributed by atoms with van der Waals surface area (Å²) in [5, 5.41) is 1.28. The van der Waals surface area contributed by atoms with Gasteiger partial charge in [-0.1, -0.05) is 41.6 Å². The zero-order valence-electron chi connectivity index (χ0n) is 19.9. The number of Topliss-reactive ketones (excluding diaryl/α,β-unsaturated/α-hetero) is 1. The summed E-state index contributed by atoms with van der Waals surface area (Å²) in [5.74, 6) is 0.0952. The highest BCUT2D eigenvalue weighted by molar-refractivity contribution is 7.99. The lowest BCUT2D eigenvalue weighted by Gasteiger charge is -2.14. The van der Waals surface area contributed by atoms with Crippen molar-refractivity contribution in [3.63, 3.8) is 0 Å². The number of hydrogen-bond donors (Lipinski definition) is 0. The summed E-state index contributed by atoms with van der Waals surface area (Å²) in [7, 11) is 1.57. The van der Waals surface area contributed by atoms with E-state index in [0.29, 0.717) is 42.1 Å². The molecule has 0 amide bonds. The predicted molar refractivity (Wildman–Crippen MR) is 143 cm³/mol. The second-order valence-electron chi connectivity index (χ2n) is 7.77. The summed E-state index contributed by atoms with van der Waals surface area (Å²) in [5.41, 5.74) is 1.54. The van der Waals surface area contributed by atoms with E-state index in [1.165, 1.54) is 16.3 Å². The Bertz CT molecular complexity index is 1490. The fraction of sp³-hybridized carbons (Fsp3) is 0.231. The summed E-state index contributed by atoms with van der Waals surface area (Å²) in [4.78, 5) is 44.5.